The molecule has 112 valence electrons. The van der Waals surface area contributed by atoms with E-state index in [1.54, 1.807) is 18.5 Å². The third kappa shape index (κ3) is 2.95. The second kappa shape index (κ2) is 6.34. The van der Waals surface area contributed by atoms with Gasteiger partial charge in [0, 0.05) is 23.6 Å². The maximum atomic E-state index is 13.6. The van der Waals surface area contributed by atoms with Gasteiger partial charge in [-0.3, -0.25) is 10.1 Å². The number of pyridine rings is 1. The van der Waals surface area contributed by atoms with Crippen molar-refractivity contribution in [3.63, 3.8) is 0 Å². The van der Waals surface area contributed by atoms with Gasteiger partial charge < -0.3 is 5.32 Å². The van der Waals surface area contributed by atoms with Crippen molar-refractivity contribution in [2.24, 2.45) is 0 Å². The molecule has 0 saturated heterocycles. The van der Waals surface area contributed by atoms with Crippen molar-refractivity contribution in [2.75, 3.05) is 5.32 Å². The maximum Gasteiger partial charge on any atom is 0.151 e. The van der Waals surface area contributed by atoms with Crippen LogP contribution in [0.15, 0.2) is 49.1 Å². The number of H-pyrrole nitrogens is 1. The summed E-state index contributed by atoms with van der Waals surface area (Å²) >= 11 is 0. The molecule has 22 heavy (non-hydrogen) atoms. The molecule has 6 heteroatoms. The van der Waals surface area contributed by atoms with Gasteiger partial charge in [-0.25, -0.2) is 9.37 Å². The predicted octanol–water partition coefficient (Wildman–Crippen LogP) is 3.10. The molecule has 5 nitrogen and oxygen atoms in total. The summed E-state index contributed by atoms with van der Waals surface area (Å²) in [6.07, 6.45) is 5.59. The number of rotatable bonds is 5. The van der Waals surface area contributed by atoms with E-state index >= 15 is 0 Å². The Morgan fingerprint density at radius 1 is 1.32 bits per heavy atom. The van der Waals surface area contributed by atoms with Crippen LogP contribution in [0, 0.1) is 5.82 Å². The Labute approximate surface area is 127 Å². The van der Waals surface area contributed by atoms with Gasteiger partial charge in [0.1, 0.15) is 18.2 Å². The monoisotopic (exact) mass is 297 g/mol. The minimum atomic E-state index is -0.230. The molecule has 1 atom stereocenters. The fraction of sp³-hybridized carbons (Fsp3) is 0.188. The van der Waals surface area contributed by atoms with Crippen molar-refractivity contribution >= 4 is 5.69 Å². The average molecular weight is 297 g/mol. The van der Waals surface area contributed by atoms with Gasteiger partial charge >= 0.3 is 0 Å². The van der Waals surface area contributed by atoms with E-state index in [1.165, 1.54) is 12.4 Å². The van der Waals surface area contributed by atoms with Gasteiger partial charge in [-0.2, -0.15) is 5.10 Å². The number of anilines is 1. The molecule has 1 unspecified atom stereocenters. The lowest BCUT2D eigenvalue weighted by molar-refractivity contribution is 0.612. The van der Waals surface area contributed by atoms with E-state index in [1.807, 2.05) is 25.1 Å². The molecule has 3 aromatic rings. The molecule has 0 saturated carbocycles. The van der Waals surface area contributed by atoms with Crippen molar-refractivity contribution in [3.05, 3.63) is 71.8 Å². The molecule has 0 aliphatic heterocycles. The number of aromatic nitrogens is 4. The highest BCUT2D eigenvalue weighted by atomic mass is 19.1. The van der Waals surface area contributed by atoms with Crippen molar-refractivity contribution in [2.45, 2.75) is 19.4 Å². The lowest BCUT2D eigenvalue weighted by atomic mass is 10.1. The normalized spacial score (nSPS) is 12.1. The van der Waals surface area contributed by atoms with Crippen LogP contribution in [0.25, 0.3) is 0 Å². The average Bonchev–Trinajstić information content (AvgIpc) is 3.09. The number of hydrogen-bond donors (Lipinski definition) is 2. The van der Waals surface area contributed by atoms with Crippen LogP contribution in [-0.4, -0.2) is 20.2 Å². The zero-order valence-electron chi connectivity index (χ0n) is 12.1. The molecule has 0 aliphatic rings. The summed E-state index contributed by atoms with van der Waals surface area (Å²) in [6, 6.07) is 8.59. The molecule has 0 bridgehead atoms. The van der Waals surface area contributed by atoms with Crippen LogP contribution < -0.4 is 5.32 Å². The van der Waals surface area contributed by atoms with Gasteiger partial charge in [-0.05, 0) is 36.2 Å². The van der Waals surface area contributed by atoms with Gasteiger partial charge in [0.05, 0.1) is 0 Å². The molecule has 0 aliphatic carbocycles. The first-order chi connectivity index (χ1) is 10.8. The number of nitrogens with one attached hydrogen (secondary N) is 2. The number of aryl methyl sites for hydroxylation is 1. The number of nitrogens with zero attached hydrogens (tertiary/aromatic N) is 3. The van der Waals surface area contributed by atoms with Gasteiger partial charge in [-0.15, -0.1) is 0 Å². The Balaban J connectivity index is 1.94. The molecule has 2 heterocycles. The highest BCUT2D eigenvalue weighted by Gasteiger charge is 2.17. The maximum absolute atomic E-state index is 13.6. The highest BCUT2D eigenvalue weighted by Crippen LogP contribution is 2.25. The molecule has 0 spiro atoms. The Hall–Kier alpha value is -2.76. The minimum Gasteiger partial charge on any atom is -0.371 e. The van der Waals surface area contributed by atoms with E-state index in [2.05, 4.69) is 25.5 Å². The van der Waals surface area contributed by atoms with Crippen LogP contribution >= 0.6 is 0 Å². The van der Waals surface area contributed by atoms with E-state index in [0.717, 1.165) is 11.3 Å². The Bertz CT molecular complexity index is 728. The van der Waals surface area contributed by atoms with E-state index < -0.39 is 0 Å². The van der Waals surface area contributed by atoms with Gasteiger partial charge in [0.2, 0.25) is 0 Å². The van der Waals surface area contributed by atoms with Crippen LogP contribution in [0.2, 0.25) is 0 Å². The smallest absolute Gasteiger partial charge is 0.151 e. The lowest BCUT2D eigenvalue weighted by Gasteiger charge is -2.18. The molecule has 1 aromatic carbocycles. The summed E-state index contributed by atoms with van der Waals surface area (Å²) in [5.74, 6) is 0.487. The van der Waals surface area contributed by atoms with Crippen LogP contribution in [0.5, 0.6) is 0 Å². The Morgan fingerprint density at radius 3 is 2.91 bits per heavy atom. The summed E-state index contributed by atoms with van der Waals surface area (Å²) in [7, 11) is 0. The van der Waals surface area contributed by atoms with Gasteiger partial charge in [-0.1, -0.05) is 13.0 Å². The molecule has 0 radical (unpaired) electrons. The van der Waals surface area contributed by atoms with Crippen molar-refractivity contribution in [1.82, 2.24) is 20.2 Å². The first kappa shape index (κ1) is 14.2. The van der Waals surface area contributed by atoms with Crippen molar-refractivity contribution in [1.29, 1.82) is 0 Å². The minimum absolute atomic E-state index is 0.189. The van der Waals surface area contributed by atoms with Crippen molar-refractivity contribution in [3.8, 4) is 0 Å². The van der Waals surface area contributed by atoms with E-state index in [9.17, 15) is 4.39 Å². The molecule has 0 fully saturated rings. The van der Waals surface area contributed by atoms with Crippen LogP contribution in [0.4, 0.5) is 10.1 Å². The summed E-state index contributed by atoms with van der Waals surface area (Å²) in [6.45, 7) is 1.93. The quantitative estimate of drug-likeness (QED) is 0.759. The number of halogens is 1. The fourth-order valence-corrected chi connectivity index (χ4v) is 2.31. The fourth-order valence-electron chi connectivity index (χ4n) is 2.31. The molecule has 2 N–H and O–H groups in total. The predicted molar refractivity (Wildman–Crippen MR) is 81.9 cm³/mol. The second-order valence-corrected chi connectivity index (χ2v) is 4.89. The van der Waals surface area contributed by atoms with E-state index in [-0.39, 0.29) is 11.9 Å². The summed E-state index contributed by atoms with van der Waals surface area (Å²) < 4.78 is 13.6. The third-order valence-electron chi connectivity index (χ3n) is 3.46. The summed E-state index contributed by atoms with van der Waals surface area (Å²) in [5, 5.41) is 10.1. The van der Waals surface area contributed by atoms with Crippen LogP contribution in [0.1, 0.15) is 29.9 Å². The zero-order valence-corrected chi connectivity index (χ0v) is 12.1. The lowest BCUT2D eigenvalue weighted by Crippen LogP contribution is -2.14. The Morgan fingerprint density at radius 2 is 2.23 bits per heavy atom. The topological polar surface area (TPSA) is 66.5 Å². The number of hydrogen-bond acceptors (Lipinski definition) is 4. The van der Waals surface area contributed by atoms with Crippen LogP contribution in [-0.2, 0) is 6.42 Å². The summed E-state index contributed by atoms with van der Waals surface area (Å²) in [5.41, 5.74) is 2.44. The largest absolute Gasteiger partial charge is 0.371 e. The van der Waals surface area contributed by atoms with E-state index in [0.29, 0.717) is 17.8 Å². The summed E-state index contributed by atoms with van der Waals surface area (Å²) in [4.78, 5) is 8.36. The van der Waals surface area contributed by atoms with Gasteiger partial charge in [0.25, 0.3) is 0 Å². The van der Waals surface area contributed by atoms with Crippen LogP contribution in [0.3, 0.4) is 0 Å². The highest BCUT2D eigenvalue weighted by molar-refractivity contribution is 5.49. The first-order valence-electron chi connectivity index (χ1n) is 7.08. The standard InChI is InChI=1S/C16H16FN5/c1-2-11-8-13(5-6-14(11)17)21-15(16-19-10-20-22-16)12-4-3-7-18-9-12/h3-10,15,21H,2H2,1H3,(H,19,20,22). The zero-order chi connectivity index (χ0) is 15.4. The first-order valence-corrected chi connectivity index (χ1v) is 7.08. The molecular formula is C16H16FN5. The molecule has 2 aromatic heterocycles. The molecule has 0 amide bonds. The molecule has 3 rings (SSSR count). The second-order valence-electron chi connectivity index (χ2n) is 4.89. The SMILES string of the molecule is CCc1cc(NC(c2cccnc2)c2ncn[nH]2)ccc1F. The molecular weight excluding hydrogens is 281 g/mol. The van der Waals surface area contributed by atoms with Gasteiger partial charge in [0.15, 0.2) is 5.82 Å². The van der Waals surface area contributed by atoms with Crippen molar-refractivity contribution < 1.29 is 4.39 Å². The number of aromatic amines is 1. The third-order valence-corrected chi connectivity index (χ3v) is 3.46. The van der Waals surface area contributed by atoms with E-state index in [4.69, 9.17) is 0 Å². The number of benzene rings is 1. The Kier molecular flexibility index (Phi) is 4.09.